The average molecular weight is 887 g/mol. The van der Waals surface area contributed by atoms with Gasteiger partial charge < -0.3 is 52.0 Å². The van der Waals surface area contributed by atoms with Crippen LogP contribution in [0.1, 0.15) is 109 Å². The number of amides is 6. The Hall–Kier alpha value is -6.32. The quantitative estimate of drug-likeness (QED) is 0.0779. The van der Waals surface area contributed by atoms with Crippen LogP contribution in [0.4, 0.5) is 32.3 Å². The number of nitrogens with zero attached hydrogens (tertiary/aromatic N) is 2. The Morgan fingerprint density at radius 1 is 0.812 bits per heavy atom. The van der Waals surface area contributed by atoms with Crippen molar-refractivity contribution in [2.75, 3.05) is 62.5 Å². The highest BCUT2D eigenvalue weighted by atomic mass is 16.5. The maximum atomic E-state index is 13.5. The number of nitrogens with one attached hydrogen (secondary N) is 4. The van der Waals surface area contributed by atoms with E-state index < -0.39 is 24.3 Å². The van der Waals surface area contributed by atoms with Gasteiger partial charge in [-0.05, 0) is 90.0 Å². The Balaban J connectivity index is 0.000000573. The first-order chi connectivity index (χ1) is 30.4. The number of carbonyl (C=O) groups excluding carboxylic acids is 6. The Kier molecular flexibility index (Phi) is 20.4. The SMILES string of the molecule is CCC.COC(=O)NC(C(=O)N1CCCC1C(=O)Nc1ccc(CC(c2ccc(C(C)(C)C)cc2)c2ccc(NC=O)c(N)c2)cc1N)C(C)C.COC(=O)NCC(=O)N1CCCC1. The lowest BCUT2D eigenvalue weighted by molar-refractivity contribution is -0.139. The summed E-state index contributed by atoms with van der Waals surface area (Å²) in [6.07, 6.45) is 4.47. The van der Waals surface area contributed by atoms with Crippen LogP contribution in [0.15, 0.2) is 60.7 Å². The van der Waals surface area contributed by atoms with Crippen molar-refractivity contribution in [2.24, 2.45) is 5.92 Å². The summed E-state index contributed by atoms with van der Waals surface area (Å²) in [5, 5.41) is 10.5. The molecule has 6 amide bonds. The molecular weight excluding hydrogens is 817 g/mol. The number of anilines is 4. The number of methoxy groups -OCH3 is 2. The van der Waals surface area contributed by atoms with Gasteiger partial charge in [-0.15, -0.1) is 0 Å². The van der Waals surface area contributed by atoms with E-state index >= 15 is 0 Å². The largest absolute Gasteiger partial charge is 0.453 e. The second-order valence-electron chi connectivity index (χ2n) is 17.3. The van der Waals surface area contributed by atoms with Gasteiger partial charge in [-0.3, -0.25) is 19.2 Å². The number of hydrogen-bond donors (Lipinski definition) is 6. The highest BCUT2D eigenvalue weighted by Crippen LogP contribution is 2.35. The molecule has 3 aromatic rings. The fourth-order valence-electron chi connectivity index (χ4n) is 7.42. The summed E-state index contributed by atoms with van der Waals surface area (Å²) in [5.74, 6) is -0.975. The van der Waals surface area contributed by atoms with Crippen LogP contribution in [0.3, 0.4) is 0 Å². The van der Waals surface area contributed by atoms with Crippen LogP contribution in [-0.2, 0) is 40.5 Å². The van der Waals surface area contributed by atoms with Crippen LogP contribution in [0.2, 0.25) is 0 Å². The zero-order chi connectivity index (χ0) is 47.6. The first kappa shape index (κ1) is 52.0. The monoisotopic (exact) mass is 887 g/mol. The number of rotatable bonds is 13. The van der Waals surface area contributed by atoms with Gasteiger partial charge in [0.25, 0.3) is 0 Å². The summed E-state index contributed by atoms with van der Waals surface area (Å²) < 4.78 is 9.04. The maximum Gasteiger partial charge on any atom is 0.407 e. The van der Waals surface area contributed by atoms with E-state index in [-0.39, 0.29) is 41.5 Å². The molecule has 2 aliphatic heterocycles. The van der Waals surface area contributed by atoms with Crippen molar-refractivity contribution in [3.8, 4) is 0 Å². The van der Waals surface area contributed by atoms with Crippen LogP contribution < -0.4 is 32.7 Å². The minimum Gasteiger partial charge on any atom is -0.453 e. The van der Waals surface area contributed by atoms with E-state index in [1.165, 1.54) is 31.1 Å². The molecule has 64 heavy (non-hydrogen) atoms. The van der Waals surface area contributed by atoms with E-state index in [1.807, 2.05) is 38.1 Å². The van der Waals surface area contributed by atoms with Crippen molar-refractivity contribution in [3.63, 3.8) is 0 Å². The number of hydrogen-bond acceptors (Lipinski definition) is 10. The molecule has 5 rings (SSSR count). The number of alkyl carbamates (subject to hydrolysis) is 2. The lowest BCUT2D eigenvalue weighted by Gasteiger charge is -2.30. The Bertz CT molecular complexity index is 2030. The summed E-state index contributed by atoms with van der Waals surface area (Å²) in [4.78, 5) is 75.0. The first-order valence-electron chi connectivity index (χ1n) is 22.0. The molecule has 350 valence electrons. The average Bonchev–Trinajstić information content (AvgIpc) is 4.00. The molecule has 2 saturated heterocycles. The summed E-state index contributed by atoms with van der Waals surface area (Å²) >= 11 is 0. The van der Waals surface area contributed by atoms with Gasteiger partial charge in [-0.2, -0.15) is 0 Å². The van der Waals surface area contributed by atoms with E-state index in [0.29, 0.717) is 55.0 Å². The number of nitrogen functional groups attached to an aromatic ring is 2. The number of likely N-dealkylation sites (tertiary alicyclic amines) is 2. The van der Waals surface area contributed by atoms with E-state index in [1.54, 1.807) is 17.0 Å². The summed E-state index contributed by atoms with van der Waals surface area (Å²) in [6, 6.07) is 18.3. The van der Waals surface area contributed by atoms with E-state index in [2.05, 4.69) is 84.9 Å². The number of nitrogens with two attached hydrogens (primary N) is 2. The molecule has 16 nitrogen and oxygen atoms in total. The third-order valence-electron chi connectivity index (χ3n) is 10.9. The number of ether oxygens (including phenoxy) is 2. The first-order valence-corrected chi connectivity index (χ1v) is 22.0. The molecule has 2 aliphatic rings. The molecule has 0 radical (unpaired) electrons. The molecular formula is C48H70N8O8. The van der Waals surface area contributed by atoms with E-state index in [4.69, 9.17) is 16.2 Å². The third-order valence-corrected chi connectivity index (χ3v) is 10.9. The Labute approximate surface area is 378 Å². The Morgan fingerprint density at radius 3 is 1.95 bits per heavy atom. The van der Waals surface area contributed by atoms with Gasteiger partial charge in [-0.25, -0.2) is 9.59 Å². The van der Waals surface area contributed by atoms with E-state index in [0.717, 1.165) is 42.6 Å². The number of carbonyl (C=O) groups is 6. The van der Waals surface area contributed by atoms with Crippen LogP contribution in [0, 0.1) is 5.92 Å². The molecule has 0 aromatic heterocycles. The molecule has 0 spiro atoms. The molecule has 2 heterocycles. The van der Waals surface area contributed by atoms with Crippen LogP contribution in [-0.4, -0.2) is 98.6 Å². The maximum absolute atomic E-state index is 13.5. The zero-order valence-electron chi connectivity index (χ0n) is 39.0. The van der Waals surface area contributed by atoms with Crippen LogP contribution >= 0.6 is 0 Å². The summed E-state index contributed by atoms with van der Waals surface area (Å²) in [5.41, 5.74) is 18.9. The van der Waals surface area contributed by atoms with Crippen molar-refractivity contribution in [3.05, 3.63) is 82.9 Å². The summed E-state index contributed by atoms with van der Waals surface area (Å²) in [7, 11) is 2.51. The van der Waals surface area contributed by atoms with Crippen molar-refractivity contribution in [1.29, 1.82) is 0 Å². The molecule has 3 atom stereocenters. The van der Waals surface area contributed by atoms with Crippen LogP contribution in [0.25, 0.3) is 0 Å². The van der Waals surface area contributed by atoms with Crippen LogP contribution in [0.5, 0.6) is 0 Å². The van der Waals surface area contributed by atoms with Crippen molar-refractivity contribution >= 4 is 59.1 Å². The lowest BCUT2D eigenvalue weighted by Crippen LogP contribution is -2.54. The molecule has 8 N–H and O–H groups in total. The normalized spacial score (nSPS) is 15.3. The van der Waals surface area contributed by atoms with Gasteiger partial charge in [-0.1, -0.05) is 91.3 Å². The van der Waals surface area contributed by atoms with Crippen molar-refractivity contribution < 1.29 is 38.2 Å². The standard InChI is InChI=1S/C37H48N6O5.C8H14N2O3.C3H8/c1-22(2)33(42-36(47)48-6)35(46)43-17-7-8-32(43)34(45)41-31-15-9-23(19-28(31)38)18-27(24-10-13-26(14-11-24)37(3,4)5)25-12-16-30(40-21-44)29(39)20-25;1-13-8(12)9-6-7(11)10-4-2-3-5-10;1-3-2/h9-16,19-22,27,32-33H,7-8,17-18,38-39H2,1-6H3,(H,40,44)(H,41,45)(H,42,47);2-6H2,1H3,(H,9,12);3H2,1-2H3. The summed E-state index contributed by atoms with van der Waals surface area (Å²) in [6.45, 7) is 16.5. The molecule has 0 bridgehead atoms. The van der Waals surface area contributed by atoms with Crippen molar-refractivity contribution in [2.45, 2.75) is 110 Å². The third kappa shape index (κ3) is 15.2. The highest BCUT2D eigenvalue weighted by Gasteiger charge is 2.39. The van der Waals surface area contributed by atoms with Gasteiger partial charge in [0.1, 0.15) is 18.6 Å². The zero-order valence-corrected chi connectivity index (χ0v) is 39.0. The molecule has 16 heteroatoms. The Morgan fingerprint density at radius 2 is 1.41 bits per heavy atom. The topological polar surface area (TPSA) is 228 Å². The fourth-order valence-corrected chi connectivity index (χ4v) is 7.42. The molecule has 0 aliphatic carbocycles. The van der Waals surface area contributed by atoms with Crippen molar-refractivity contribution in [1.82, 2.24) is 20.4 Å². The number of benzene rings is 3. The molecule has 0 saturated carbocycles. The second-order valence-corrected chi connectivity index (χ2v) is 17.3. The lowest BCUT2D eigenvalue weighted by atomic mass is 9.82. The minimum absolute atomic E-state index is 0.00815. The van der Waals surface area contributed by atoms with Gasteiger partial charge in [0.2, 0.25) is 24.1 Å². The fraction of sp³-hybridized carbons (Fsp3) is 0.500. The second kappa shape index (κ2) is 25.1. The smallest absolute Gasteiger partial charge is 0.407 e. The predicted molar refractivity (Wildman–Crippen MR) is 252 cm³/mol. The molecule has 3 unspecified atom stereocenters. The predicted octanol–water partition coefficient (Wildman–Crippen LogP) is 6.78. The van der Waals surface area contributed by atoms with Gasteiger partial charge >= 0.3 is 12.2 Å². The minimum atomic E-state index is -0.819. The van der Waals surface area contributed by atoms with Gasteiger partial charge in [0.05, 0.1) is 37.0 Å². The molecule has 2 fully saturated rings. The van der Waals surface area contributed by atoms with Gasteiger partial charge in [0.15, 0.2) is 0 Å². The van der Waals surface area contributed by atoms with E-state index in [9.17, 15) is 28.8 Å². The highest BCUT2D eigenvalue weighted by molar-refractivity contribution is 6.00. The molecule has 3 aromatic carbocycles. The van der Waals surface area contributed by atoms with Gasteiger partial charge in [0, 0.05) is 25.6 Å².